The molecule has 1 saturated heterocycles. The van der Waals surface area contributed by atoms with Crippen LogP contribution in [0.3, 0.4) is 0 Å². The predicted octanol–water partition coefficient (Wildman–Crippen LogP) is 2.18. The number of ether oxygens (including phenoxy) is 1. The van der Waals surface area contributed by atoms with E-state index in [1.807, 2.05) is 44.2 Å². The van der Waals surface area contributed by atoms with Crippen LogP contribution in [0.4, 0.5) is 11.8 Å². The number of anilines is 2. The summed E-state index contributed by atoms with van der Waals surface area (Å²) < 4.78 is 5.71. The molecule has 0 aliphatic carbocycles. The molecule has 0 saturated carbocycles. The van der Waals surface area contributed by atoms with Gasteiger partial charge in [-0.1, -0.05) is 12.1 Å². The van der Waals surface area contributed by atoms with Gasteiger partial charge in [0.15, 0.2) is 0 Å². The Bertz CT molecular complexity index is 1290. The van der Waals surface area contributed by atoms with Crippen LogP contribution >= 0.6 is 0 Å². The average molecular weight is 520 g/mol. The third-order valence-corrected chi connectivity index (χ3v) is 6.54. The molecule has 1 aromatic heterocycles. The van der Waals surface area contributed by atoms with E-state index in [1.165, 1.54) is 4.90 Å². The van der Waals surface area contributed by atoms with Crippen molar-refractivity contribution in [1.82, 2.24) is 25.1 Å². The van der Waals surface area contributed by atoms with Crippen molar-refractivity contribution in [2.24, 2.45) is 0 Å². The third-order valence-electron chi connectivity index (χ3n) is 6.54. The van der Waals surface area contributed by atoms with E-state index in [9.17, 15) is 9.59 Å². The molecule has 10 nitrogen and oxygen atoms in total. The topological polar surface area (TPSA) is 117 Å². The number of fused-ring (bicyclic) bond motifs is 1. The molecule has 2 amide bonds. The van der Waals surface area contributed by atoms with Crippen LogP contribution < -0.4 is 20.7 Å². The highest BCUT2D eigenvalue weighted by Gasteiger charge is 2.25. The number of nitrogens with two attached hydrogens (primary N) is 1. The Hall–Kier alpha value is -3.92. The van der Waals surface area contributed by atoms with Crippen LogP contribution in [0.25, 0.3) is 10.9 Å². The number of piperazine rings is 1. The zero-order chi connectivity index (χ0) is 27.4. The second kappa shape index (κ2) is 11.6. The summed E-state index contributed by atoms with van der Waals surface area (Å²) in [4.78, 5) is 41.1. The number of amides is 2. The Kier molecular flexibility index (Phi) is 8.31. The maximum Gasteiger partial charge on any atom is 0.252 e. The van der Waals surface area contributed by atoms with Gasteiger partial charge in [-0.25, -0.2) is 4.98 Å². The summed E-state index contributed by atoms with van der Waals surface area (Å²) in [5.74, 6) is 1.15. The maximum absolute atomic E-state index is 13.3. The number of nitrogens with zero attached hydrogens (tertiary/aromatic N) is 5. The summed E-state index contributed by atoms with van der Waals surface area (Å²) in [6, 6.07) is 12.1. The number of carbonyl (C=O) groups is 2. The fourth-order valence-corrected chi connectivity index (χ4v) is 4.50. The average Bonchev–Trinajstić information content (AvgIpc) is 2.88. The normalized spacial score (nSPS) is 14.9. The molecule has 10 heteroatoms. The SMILES string of the molecule is CC(C)Oc1ccc(C[C@H](NC(=O)c2ccc3c(N4CCN(C)CC4)nc(N)nc3c2)C(=O)N(C)C)cc1. The minimum Gasteiger partial charge on any atom is -0.491 e. The van der Waals surface area contributed by atoms with E-state index in [-0.39, 0.29) is 23.9 Å². The summed E-state index contributed by atoms with van der Waals surface area (Å²) in [6.07, 6.45) is 0.421. The lowest BCUT2D eigenvalue weighted by Crippen LogP contribution is -2.47. The Morgan fingerprint density at radius 3 is 2.37 bits per heavy atom. The van der Waals surface area contributed by atoms with E-state index in [4.69, 9.17) is 10.5 Å². The highest BCUT2D eigenvalue weighted by molar-refractivity contribution is 6.01. The Morgan fingerprint density at radius 2 is 1.74 bits per heavy atom. The second-order valence-corrected chi connectivity index (χ2v) is 10.2. The van der Waals surface area contributed by atoms with Gasteiger partial charge in [-0.05, 0) is 56.8 Å². The predicted molar refractivity (Wildman–Crippen MR) is 150 cm³/mol. The van der Waals surface area contributed by atoms with Gasteiger partial charge in [0.1, 0.15) is 17.6 Å². The minimum absolute atomic E-state index is 0.0726. The van der Waals surface area contributed by atoms with Crippen LogP contribution in [0.5, 0.6) is 5.75 Å². The molecule has 2 aromatic carbocycles. The summed E-state index contributed by atoms with van der Waals surface area (Å²) >= 11 is 0. The van der Waals surface area contributed by atoms with Gasteiger partial charge in [-0.15, -0.1) is 0 Å². The van der Waals surface area contributed by atoms with Crippen molar-refractivity contribution in [1.29, 1.82) is 0 Å². The van der Waals surface area contributed by atoms with Crippen LogP contribution in [0.2, 0.25) is 0 Å². The van der Waals surface area contributed by atoms with Crippen molar-refractivity contribution in [3.8, 4) is 5.75 Å². The number of benzene rings is 2. The second-order valence-electron chi connectivity index (χ2n) is 10.2. The smallest absolute Gasteiger partial charge is 0.252 e. The number of carbonyl (C=O) groups excluding carboxylic acids is 2. The van der Waals surface area contributed by atoms with Crippen LogP contribution in [-0.2, 0) is 11.2 Å². The summed E-state index contributed by atoms with van der Waals surface area (Å²) in [7, 11) is 5.45. The number of rotatable bonds is 8. The number of hydrogen-bond donors (Lipinski definition) is 2. The van der Waals surface area contributed by atoms with E-state index < -0.39 is 6.04 Å². The molecular formula is C28H37N7O3. The lowest BCUT2D eigenvalue weighted by Gasteiger charge is -2.33. The first kappa shape index (κ1) is 27.1. The number of likely N-dealkylation sites (N-methyl/N-ethyl adjacent to an activating group) is 2. The summed E-state index contributed by atoms with van der Waals surface area (Å²) in [5.41, 5.74) is 7.95. The van der Waals surface area contributed by atoms with E-state index in [0.29, 0.717) is 17.5 Å². The van der Waals surface area contributed by atoms with Gasteiger partial charge in [0.05, 0.1) is 11.6 Å². The fourth-order valence-electron chi connectivity index (χ4n) is 4.50. The first-order chi connectivity index (χ1) is 18.1. The van der Waals surface area contributed by atoms with Crippen molar-refractivity contribution < 1.29 is 14.3 Å². The van der Waals surface area contributed by atoms with Crippen molar-refractivity contribution in [2.45, 2.75) is 32.4 Å². The zero-order valence-corrected chi connectivity index (χ0v) is 22.8. The van der Waals surface area contributed by atoms with Gasteiger partial charge >= 0.3 is 0 Å². The molecule has 0 spiro atoms. The third kappa shape index (κ3) is 6.49. The van der Waals surface area contributed by atoms with Gasteiger partial charge < -0.3 is 30.5 Å². The molecule has 0 bridgehead atoms. The largest absolute Gasteiger partial charge is 0.491 e. The number of aromatic nitrogens is 2. The number of nitrogens with one attached hydrogen (secondary N) is 1. The molecule has 3 aromatic rings. The molecule has 1 aliphatic rings. The fraction of sp³-hybridized carbons (Fsp3) is 0.429. The van der Waals surface area contributed by atoms with Crippen molar-refractivity contribution in [3.05, 3.63) is 53.6 Å². The van der Waals surface area contributed by atoms with Gasteiger partial charge in [-0.2, -0.15) is 4.98 Å². The van der Waals surface area contributed by atoms with E-state index in [2.05, 4.69) is 32.1 Å². The lowest BCUT2D eigenvalue weighted by molar-refractivity contribution is -0.130. The van der Waals surface area contributed by atoms with Crippen molar-refractivity contribution in [3.63, 3.8) is 0 Å². The first-order valence-corrected chi connectivity index (χ1v) is 12.9. The number of nitrogen functional groups attached to an aromatic ring is 1. The Labute approximate surface area is 223 Å². The molecule has 1 aliphatic heterocycles. The Morgan fingerprint density at radius 1 is 1.05 bits per heavy atom. The maximum atomic E-state index is 13.3. The van der Waals surface area contributed by atoms with E-state index in [1.54, 1.807) is 26.2 Å². The zero-order valence-electron chi connectivity index (χ0n) is 22.8. The van der Waals surface area contributed by atoms with Crippen molar-refractivity contribution >= 4 is 34.5 Å². The molecule has 1 fully saturated rings. The molecule has 0 radical (unpaired) electrons. The minimum atomic E-state index is -0.735. The summed E-state index contributed by atoms with van der Waals surface area (Å²) in [6.45, 7) is 7.47. The van der Waals surface area contributed by atoms with Crippen LogP contribution in [-0.4, -0.2) is 91.0 Å². The number of hydrogen-bond acceptors (Lipinski definition) is 8. The van der Waals surface area contributed by atoms with Gasteiger partial charge in [-0.3, -0.25) is 9.59 Å². The quantitative estimate of drug-likeness (QED) is 0.465. The monoisotopic (exact) mass is 519 g/mol. The summed E-state index contributed by atoms with van der Waals surface area (Å²) in [5, 5.41) is 3.76. The van der Waals surface area contributed by atoms with Gasteiger partial charge in [0.25, 0.3) is 5.91 Å². The van der Waals surface area contributed by atoms with Crippen LogP contribution in [0, 0.1) is 0 Å². The Balaban J connectivity index is 1.55. The highest BCUT2D eigenvalue weighted by atomic mass is 16.5. The van der Waals surface area contributed by atoms with E-state index >= 15 is 0 Å². The molecular weight excluding hydrogens is 482 g/mol. The molecule has 2 heterocycles. The van der Waals surface area contributed by atoms with Crippen LogP contribution in [0.1, 0.15) is 29.8 Å². The highest BCUT2D eigenvalue weighted by Crippen LogP contribution is 2.26. The molecule has 3 N–H and O–H groups in total. The van der Waals surface area contributed by atoms with Crippen LogP contribution in [0.15, 0.2) is 42.5 Å². The lowest BCUT2D eigenvalue weighted by atomic mass is 10.0. The van der Waals surface area contributed by atoms with E-state index in [0.717, 1.165) is 48.7 Å². The molecule has 1 atom stereocenters. The standard InChI is InChI=1S/C28H37N7O3/c1-18(2)38-21-9-6-19(7-10-21)16-24(27(37)33(3)4)30-26(36)20-8-11-22-23(17-20)31-28(29)32-25(22)35-14-12-34(5)13-15-35/h6-11,17-18,24H,12-16H2,1-5H3,(H,30,36)(H2,29,31,32)/t24-/m0/s1. The molecule has 0 unspecified atom stereocenters. The molecule has 4 rings (SSSR count). The van der Waals surface area contributed by atoms with Gasteiger partial charge in [0, 0.05) is 57.6 Å². The molecule has 202 valence electrons. The van der Waals surface area contributed by atoms with Gasteiger partial charge in [0.2, 0.25) is 11.9 Å². The van der Waals surface area contributed by atoms with Crippen molar-refractivity contribution in [2.75, 3.05) is 58.0 Å². The molecule has 38 heavy (non-hydrogen) atoms. The first-order valence-electron chi connectivity index (χ1n) is 12.9.